The van der Waals surface area contributed by atoms with Crippen LogP contribution in [0.3, 0.4) is 0 Å². The van der Waals surface area contributed by atoms with E-state index < -0.39 is 4.92 Å². The average Bonchev–Trinajstić information content (AvgIpc) is 2.41. The highest BCUT2D eigenvalue weighted by Gasteiger charge is 2.37. The molecule has 1 amide bonds. The number of hydrogen-bond acceptors (Lipinski definition) is 4. The monoisotopic (exact) mass is 277 g/mol. The molecule has 0 aromatic heterocycles. The van der Waals surface area contributed by atoms with Crippen molar-refractivity contribution < 1.29 is 9.72 Å². The van der Waals surface area contributed by atoms with Gasteiger partial charge in [0.1, 0.15) is 0 Å². The van der Waals surface area contributed by atoms with Gasteiger partial charge in [0.2, 0.25) is 5.91 Å². The fourth-order valence-corrected chi connectivity index (χ4v) is 2.57. The second-order valence-electron chi connectivity index (χ2n) is 5.40. The maximum Gasteiger partial charge on any atom is 0.274 e. The molecule has 0 spiro atoms. The SMILES string of the molecule is NCC1(CC(=O)NCc2ccccc2[N+](=O)[O-])CCC1. The van der Waals surface area contributed by atoms with Crippen molar-refractivity contribution in [2.45, 2.75) is 32.2 Å². The topological polar surface area (TPSA) is 98.3 Å². The minimum absolute atomic E-state index is 0.0324. The molecule has 0 saturated heterocycles. The Morgan fingerprint density at radius 3 is 2.65 bits per heavy atom. The first kappa shape index (κ1) is 14.5. The number of nitrogens with two attached hydrogens (primary N) is 1. The second-order valence-corrected chi connectivity index (χ2v) is 5.40. The van der Waals surface area contributed by atoms with Crippen LogP contribution in [0.15, 0.2) is 24.3 Å². The Bertz CT molecular complexity index is 507. The van der Waals surface area contributed by atoms with Crippen LogP contribution in [0.2, 0.25) is 0 Å². The van der Waals surface area contributed by atoms with Crippen molar-refractivity contribution in [2.24, 2.45) is 11.1 Å². The predicted octanol–water partition coefficient (Wildman–Crippen LogP) is 1.73. The Balaban J connectivity index is 1.92. The largest absolute Gasteiger partial charge is 0.352 e. The van der Waals surface area contributed by atoms with Crippen LogP contribution in [0, 0.1) is 15.5 Å². The van der Waals surface area contributed by atoms with Gasteiger partial charge in [0.25, 0.3) is 5.69 Å². The molecule has 6 nitrogen and oxygen atoms in total. The van der Waals surface area contributed by atoms with Crippen molar-refractivity contribution in [3.05, 3.63) is 39.9 Å². The van der Waals surface area contributed by atoms with Gasteiger partial charge in [-0.3, -0.25) is 14.9 Å². The third kappa shape index (κ3) is 3.14. The lowest BCUT2D eigenvalue weighted by molar-refractivity contribution is -0.385. The summed E-state index contributed by atoms with van der Waals surface area (Å²) in [5, 5.41) is 13.6. The van der Waals surface area contributed by atoms with Crippen LogP contribution in [0.25, 0.3) is 0 Å². The maximum absolute atomic E-state index is 11.9. The molecule has 1 aromatic rings. The highest BCUT2D eigenvalue weighted by molar-refractivity contribution is 5.77. The fraction of sp³-hybridized carbons (Fsp3) is 0.500. The number of nitrogens with zero attached hydrogens (tertiary/aromatic N) is 1. The lowest BCUT2D eigenvalue weighted by Gasteiger charge is -2.40. The van der Waals surface area contributed by atoms with Crippen LogP contribution in [-0.2, 0) is 11.3 Å². The van der Waals surface area contributed by atoms with Crippen molar-refractivity contribution in [1.82, 2.24) is 5.32 Å². The third-order valence-electron chi connectivity index (χ3n) is 4.05. The van der Waals surface area contributed by atoms with Crippen molar-refractivity contribution in [3.8, 4) is 0 Å². The van der Waals surface area contributed by atoms with E-state index in [0.717, 1.165) is 19.3 Å². The van der Waals surface area contributed by atoms with Crippen LogP contribution >= 0.6 is 0 Å². The molecule has 0 atom stereocenters. The molecule has 1 saturated carbocycles. The Morgan fingerprint density at radius 1 is 1.40 bits per heavy atom. The molecule has 0 heterocycles. The molecule has 6 heteroatoms. The van der Waals surface area contributed by atoms with Gasteiger partial charge in [-0.05, 0) is 24.8 Å². The molecule has 0 bridgehead atoms. The zero-order valence-corrected chi connectivity index (χ0v) is 11.3. The van der Waals surface area contributed by atoms with Crippen molar-refractivity contribution in [3.63, 3.8) is 0 Å². The van der Waals surface area contributed by atoms with Gasteiger partial charge in [0, 0.05) is 24.6 Å². The summed E-state index contributed by atoms with van der Waals surface area (Å²) in [5.41, 5.74) is 6.22. The summed E-state index contributed by atoms with van der Waals surface area (Å²) in [7, 11) is 0. The van der Waals surface area contributed by atoms with Gasteiger partial charge < -0.3 is 11.1 Å². The van der Waals surface area contributed by atoms with Gasteiger partial charge >= 0.3 is 0 Å². The summed E-state index contributed by atoms with van der Waals surface area (Å²) in [4.78, 5) is 22.4. The summed E-state index contributed by atoms with van der Waals surface area (Å²) in [6.45, 7) is 0.697. The van der Waals surface area contributed by atoms with E-state index in [4.69, 9.17) is 5.73 Å². The van der Waals surface area contributed by atoms with Crippen LogP contribution < -0.4 is 11.1 Å². The Labute approximate surface area is 117 Å². The van der Waals surface area contributed by atoms with E-state index in [1.165, 1.54) is 6.07 Å². The van der Waals surface area contributed by atoms with E-state index in [-0.39, 0.29) is 23.6 Å². The summed E-state index contributed by atoms with van der Waals surface area (Å²) in [5.74, 6) is -0.0895. The lowest BCUT2D eigenvalue weighted by Crippen LogP contribution is -2.41. The molecule has 0 aliphatic heterocycles. The quantitative estimate of drug-likeness (QED) is 0.611. The van der Waals surface area contributed by atoms with E-state index in [2.05, 4.69) is 5.32 Å². The number of amides is 1. The van der Waals surface area contributed by atoms with E-state index in [9.17, 15) is 14.9 Å². The van der Waals surface area contributed by atoms with Crippen LogP contribution in [-0.4, -0.2) is 17.4 Å². The van der Waals surface area contributed by atoms with E-state index >= 15 is 0 Å². The molecule has 1 aliphatic carbocycles. The minimum Gasteiger partial charge on any atom is -0.352 e. The highest BCUT2D eigenvalue weighted by Crippen LogP contribution is 2.42. The number of nitrogens with one attached hydrogen (secondary N) is 1. The maximum atomic E-state index is 11.9. The number of nitro groups is 1. The number of para-hydroxylation sites is 1. The lowest BCUT2D eigenvalue weighted by atomic mass is 9.66. The number of rotatable bonds is 6. The van der Waals surface area contributed by atoms with E-state index in [0.29, 0.717) is 18.5 Å². The number of carbonyl (C=O) groups excluding carboxylic acids is 1. The first-order valence-electron chi connectivity index (χ1n) is 6.75. The van der Waals surface area contributed by atoms with Crippen molar-refractivity contribution >= 4 is 11.6 Å². The van der Waals surface area contributed by atoms with Gasteiger partial charge in [-0.15, -0.1) is 0 Å². The number of nitro benzene ring substituents is 1. The molecule has 1 fully saturated rings. The highest BCUT2D eigenvalue weighted by atomic mass is 16.6. The summed E-state index contributed by atoms with van der Waals surface area (Å²) >= 11 is 0. The van der Waals surface area contributed by atoms with Gasteiger partial charge in [0.15, 0.2) is 0 Å². The molecule has 3 N–H and O–H groups in total. The zero-order chi connectivity index (χ0) is 14.6. The second kappa shape index (κ2) is 6.00. The van der Waals surface area contributed by atoms with Gasteiger partial charge in [0.05, 0.1) is 4.92 Å². The Hall–Kier alpha value is -1.95. The molecule has 20 heavy (non-hydrogen) atoms. The van der Waals surface area contributed by atoms with Crippen molar-refractivity contribution in [1.29, 1.82) is 0 Å². The standard InChI is InChI=1S/C14H19N3O3/c15-10-14(6-3-7-14)8-13(18)16-9-11-4-1-2-5-12(11)17(19)20/h1-2,4-5H,3,6-10,15H2,(H,16,18). The Morgan fingerprint density at radius 2 is 2.10 bits per heavy atom. The fourth-order valence-electron chi connectivity index (χ4n) is 2.57. The summed E-state index contributed by atoms with van der Waals surface area (Å²) < 4.78 is 0. The molecule has 0 radical (unpaired) electrons. The molecule has 1 aliphatic rings. The first-order chi connectivity index (χ1) is 9.56. The Kier molecular flexibility index (Phi) is 4.34. The molecule has 1 aromatic carbocycles. The molecule has 0 unspecified atom stereocenters. The van der Waals surface area contributed by atoms with Crippen LogP contribution in [0.5, 0.6) is 0 Å². The molecular weight excluding hydrogens is 258 g/mol. The van der Waals surface area contributed by atoms with Gasteiger partial charge in [-0.2, -0.15) is 0 Å². The van der Waals surface area contributed by atoms with Crippen LogP contribution in [0.1, 0.15) is 31.2 Å². The first-order valence-corrected chi connectivity index (χ1v) is 6.75. The van der Waals surface area contributed by atoms with Crippen molar-refractivity contribution in [2.75, 3.05) is 6.54 Å². The third-order valence-corrected chi connectivity index (χ3v) is 4.05. The molecule has 108 valence electrons. The number of benzene rings is 1. The van der Waals surface area contributed by atoms with Gasteiger partial charge in [-0.1, -0.05) is 24.6 Å². The van der Waals surface area contributed by atoms with Crippen LogP contribution in [0.4, 0.5) is 5.69 Å². The van der Waals surface area contributed by atoms with E-state index in [1.54, 1.807) is 18.2 Å². The number of hydrogen-bond donors (Lipinski definition) is 2. The summed E-state index contributed by atoms with van der Waals surface area (Å²) in [6.07, 6.45) is 3.50. The number of carbonyl (C=O) groups is 1. The predicted molar refractivity (Wildman–Crippen MR) is 74.9 cm³/mol. The normalized spacial score (nSPS) is 16.2. The smallest absolute Gasteiger partial charge is 0.274 e. The summed E-state index contributed by atoms with van der Waals surface area (Å²) in [6, 6.07) is 6.43. The average molecular weight is 277 g/mol. The zero-order valence-electron chi connectivity index (χ0n) is 11.3. The van der Waals surface area contributed by atoms with E-state index in [1.807, 2.05) is 0 Å². The molecule has 2 rings (SSSR count). The minimum atomic E-state index is -0.436. The molecular formula is C14H19N3O3. The van der Waals surface area contributed by atoms with Gasteiger partial charge in [-0.25, -0.2) is 0 Å².